The fourth-order valence-electron chi connectivity index (χ4n) is 3.95. The van der Waals surface area contributed by atoms with Crippen LogP contribution in [0.4, 0.5) is 0 Å². The number of unbranched alkanes of at least 4 members (excludes halogenated alkanes) is 1. The minimum absolute atomic E-state index is 0.00194. The van der Waals surface area contributed by atoms with Crippen molar-refractivity contribution < 1.29 is 34.0 Å². The van der Waals surface area contributed by atoms with E-state index in [4.69, 9.17) is 37.4 Å². The zero-order chi connectivity index (χ0) is 25.2. The van der Waals surface area contributed by atoms with Crippen molar-refractivity contribution >= 4 is 40.7 Å². The van der Waals surface area contributed by atoms with Gasteiger partial charge >= 0.3 is 0 Å². The van der Waals surface area contributed by atoms with Gasteiger partial charge in [0.2, 0.25) is 0 Å². The summed E-state index contributed by atoms with van der Waals surface area (Å²) in [7, 11) is 4.12. The molecule has 1 fully saturated rings. The first-order valence-corrected chi connectivity index (χ1v) is 11.2. The van der Waals surface area contributed by atoms with Gasteiger partial charge in [0.25, 0.3) is 11.7 Å². The van der Waals surface area contributed by atoms with Crippen LogP contribution in [0, 0.1) is 0 Å². The summed E-state index contributed by atoms with van der Waals surface area (Å²) < 4.78 is 15.7. The number of carbonyl (C=O) groups excluding carboxylic acids is 2. The molecule has 0 radical (unpaired) electrons. The number of rotatable bonds is 8. The molecular weight excluding hydrogens is 485 g/mol. The third-order valence-corrected chi connectivity index (χ3v) is 6.23. The van der Waals surface area contributed by atoms with Gasteiger partial charge in [0.05, 0.1) is 43.5 Å². The SMILES string of the molecule is CCCCN1C(=O)C(=O)/C(=C(/O)c2cc(Cl)c(OC)c(Cl)c2OC)C1c1ccc(OC)c(O)c1. The van der Waals surface area contributed by atoms with Crippen LogP contribution in [0.5, 0.6) is 23.0 Å². The number of halogens is 2. The Balaban J connectivity index is 2.30. The standard InChI is InChI=1S/C24H25Cl2NO7/c1-5-6-9-27-19(12-7-8-16(32-2)15(28)10-12)17(21(30)24(27)31)20(29)13-11-14(25)23(34-4)18(26)22(13)33-3/h7-8,10-11,19,28-29H,5-6,9H2,1-4H3/b20-17+. The van der Waals surface area contributed by atoms with Crippen LogP contribution in [0.2, 0.25) is 10.0 Å². The fourth-order valence-corrected chi connectivity index (χ4v) is 4.64. The maximum atomic E-state index is 13.2. The molecule has 8 nitrogen and oxygen atoms in total. The minimum Gasteiger partial charge on any atom is -0.507 e. The second-order valence-electron chi connectivity index (χ2n) is 7.56. The number of hydrogen-bond donors (Lipinski definition) is 2. The average molecular weight is 510 g/mol. The smallest absolute Gasteiger partial charge is 0.295 e. The van der Waals surface area contributed by atoms with Gasteiger partial charge < -0.3 is 29.3 Å². The summed E-state index contributed by atoms with van der Waals surface area (Å²) in [6.45, 7) is 2.23. The number of phenols is 1. The van der Waals surface area contributed by atoms with E-state index in [2.05, 4.69) is 0 Å². The van der Waals surface area contributed by atoms with Crippen molar-refractivity contribution in [1.29, 1.82) is 0 Å². The van der Waals surface area contributed by atoms with Crippen LogP contribution in [0.3, 0.4) is 0 Å². The van der Waals surface area contributed by atoms with Gasteiger partial charge in [-0.1, -0.05) is 42.6 Å². The first-order valence-electron chi connectivity index (χ1n) is 10.5. The summed E-state index contributed by atoms with van der Waals surface area (Å²) in [4.78, 5) is 27.5. The van der Waals surface area contributed by atoms with Crippen molar-refractivity contribution in [1.82, 2.24) is 4.90 Å². The number of benzene rings is 2. The van der Waals surface area contributed by atoms with Crippen molar-refractivity contribution in [3.05, 3.63) is 51.0 Å². The predicted octanol–water partition coefficient (Wildman–Crippen LogP) is 4.95. The van der Waals surface area contributed by atoms with E-state index in [0.717, 1.165) is 6.42 Å². The molecule has 1 aliphatic rings. The van der Waals surface area contributed by atoms with Gasteiger partial charge in [-0.25, -0.2) is 0 Å². The third-order valence-electron chi connectivity index (χ3n) is 5.61. The number of Topliss-reactive ketones (excluding diaryl/α,β-unsaturated/α-hetero) is 1. The largest absolute Gasteiger partial charge is 0.507 e. The normalized spacial score (nSPS) is 17.2. The van der Waals surface area contributed by atoms with Crippen molar-refractivity contribution in [2.75, 3.05) is 27.9 Å². The lowest BCUT2D eigenvalue weighted by Crippen LogP contribution is -2.30. The fraction of sp³-hybridized carbons (Fsp3) is 0.333. The number of phenolic OH excluding ortho intramolecular Hbond substituents is 1. The molecule has 0 spiro atoms. The van der Waals surface area contributed by atoms with E-state index in [0.29, 0.717) is 12.0 Å². The van der Waals surface area contributed by atoms with Crippen LogP contribution in [0.1, 0.15) is 36.9 Å². The van der Waals surface area contributed by atoms with Crippen molar-refractivity contribution in [2.24, 2.45) is 0 Å². The molecule has 1 heterocycles. The molecule has 2 N–H and O–H groups in total. The second kappa shape index (κ2) is 10.4. The van der Waals surface area contributed by atoms with Crippen LogP contribution in [-0.4, -0.2) is 54.7 Å². The molecule has 182 valence electrons. The Bertz CT molecular complexity index is 1160. The number of nitrogens with zero attached hydrogens (tertiary/aromatic N) is 1. The summed E-state index contributed by atoms with van der Waals surface area (Å²) in [5.74, 6) is -1.94. The molecule has 0 aliphatic carbocycles. The Kier molecular flexibility index (Phi) is 7.84. The van der Waals surface area contributed by atoms with E-state index in [1.165, 1.54) is 44.4 Å². The maximum Gasteiger partial charge on any atom is 0.295 e. The van der Waals surface area contributed by atoms with E-state index in [1.807, 2.05) is 6.92 Å². The molecule has 0 saturated carbocycles. The number of amides is 1. The Morgan fingerprint density at radius 3 is 2.29 bits per heavy atom. The molecule has 0 aromatic heterocycles. The van der Waals surface area contributed by atoms with E-state index in [1.54, 1.807) is 6.07 Å². The van der Waals surface area contributed by atoms with Crippen LogP contribution in [0.15, 0.2) is 29.8 Å². The first-order chi connectivity index (χ1) is 16.2. The number of likely N-dealkylation sites (tertiary alicyclic amines) is 1. The van der Waals surface area contributed by atoms with E-state index < -0.39 is 23.5 Å². The highest BCUT2D eigenvalue weighted by atomic mass is 35.5. The molecule has 2 aromatic carbocycles. The summed E-state index contributed by atoms with van der Waals surface area (Å²) in [6, 6.07) is 4.92. The molecule has 34 heavy (non-hydrogen) atoms. The van der Waals surface area contributed by atoms with E-state index in [9.17, 15) is 19.8 Å². The molecular formula is C24H25Cl2NO7. The Morgan fingerprint density at radius 1 is 1.06 bits per heavy atom. The maximum absolute atomic E-state index is 13.2. The number of ether oxygens (including phenoxy) is 3. The quantitative estimate of drug-likeness (QED) is 0.294. The van der Waals surface area contributed by atoms with Gasteiger partial charge in [0.15, 0.2) is 23.0 Å². The van der Waals surface area contributed by atoms with Gasteiger partial charge in [0.1, 0.15) is 10.8 Å². The number of ketones is 1. The highest BCUT2D eigenvalue weighted by Gasteiger charge is 2.46. The summed E-state index contributed by atoms with van der Waals surface area (Å²) >= 11 is 12.6. The number of aliphatic hydroxyl groups is 1. The highest BCUT2D eigenvalue weighted by molar-refractivity contribution is 6.47. The number of methoxy groups -OCH3 is 3. The number of aromatic hydroxyl groups is 1. The number of hydrogen-bond acceptors (Lipinski definition) is 7. The number of aliphatic hydroxyl groups excluding tert-OH is 1. The topological polar surface area (TPSA) is 106 Å². The predicted molar refractivity (Wildman–Crippen MR) is 128 cm³/mol. The molecule has 10 heteroatoms. The number of carbonyl (C=O) groups is 2. The van der Waals surface area contributed by atoms with Crippen molar-refractivity contribution in [2.45, 2.75) is 25.8 Å². The van der Waals surface area contributed by atoms with Gasteiger partial charge in [0, 0.05) is 6.54 Å². The molecule has 1 saturated heterocycles. The van der Waals surface area contributed by atoms with Crippen LogP contribution >= 0.6 is 23.2 Å². The Morgan fingerprint density at radius 2 is 1.74 bits per heavy atom. The monoisotopic (exact) mass is 509 g/mol. The summed E-state index contributed by atoms with van der Waals surface area (Å²) in [6.07, 6.45) is 1.41. The molecule has 1 amide bonds. The van der Waals surface area contributed by atoms with Crippen LogP contribution in [0.25, 0.3) is 5.76 Å². The van der Waals surface area contributed by atoms with Crippen molar-refractivity contribution in [3.63, 3.8) is 0 Å². The molecule has 1 aliphatic heterocycles. The third kappa shape index (κ3) is 4.35. The lowest BCUT2D eigenvalue weighted by Gasteiger charge is -2.26. The van der Waals surface area contributed by atoms with Crippen molar-refractivity contribution in [3.8, 4) is 23.0 Å². The Hall–Kier alpha value is -3.10. The molecule has 1 atom stereocenters. The summed E-state index contributed by atoms with van der Waals surface area (Å²) in [5.41, 5.74) is 0.260. The highest BCUT2D eigenvalue weighted by Crippen LogP contribution is 2.47. The summed E-state index contributed by atoms with van der Waals surface area (Å²) in [5, 5.41) is 21.7. The molecule has 0 bridgehead atoms. The van der Waals surface area contributed by atoms with Crippen LogP contribution < -0.4 is 14.2 Å². The second-order valence-corrected chi connectivity index (χ2v) is 8.35. The molecule has 2 aromatic rings. The zero-order valence-electron chi connectivity index (χ0n) is 19.1. The first kappa shape index (κ1) is 25.5. The molecule has 1 unspecified atom stereocenters. The zero-order valence-corrected chi connectivity index (χ0v) is 20.7. The average Bonchev–Trinajstić information content (AvgIpc) is 3.07. The van der Waals surface area contributed by atoms with Gasteiger partial charge in [-0.15, -0.1) is 0 Å². The van der Waals surface area contributed by atoms with Gasteiger partial charge in [-0.05, 0) is 30.2 Å². The van der Waals surface area contributed by atoms with E-state index in [-0.39, 0.29) is 50.7 Å². The van der Waals surface area contributed by atoms with Crippen LogP contribution in [-0.2, 0) is 9.59 Å². The minimum atomic E-state index is -0.965. The van der Waals surface area contributed by atoms with E-state index >= 15 is 0 Å². The van der Waals surface area contributed by atoms with Gasteiger partial charge in [-0.2, -0.15) is 0 Å². The molecule has 3 rings (SSSR count). The van der Waals surface area contributed by atoms with Gasteiger partial charge in [-0.3, -0.25) is 9.59 Å². The Labute approximate surface area is 207 Å². The lowest BCUT2D eigenvalue weighted by atomic mass is 9.94. The lowest BCUT2D eigenvalue weighted by molar-refractivity contribution is -0.139.